The highest BCUT2D eigenvalue weighted by Crippen LogP contribution is 2.26. The number of rotatable bonds is 6. The minimum atomic E-state index is -0.326. The van der Waals surface area contributed by atoms with Gasteiger partial charge in [-0.25, -0.2) is 0 Å². The fourth-order valence-electron chi connectivity index (χ4n) is 2.59. The molecule has 0 unspecified atom stereocenters. The van der Waals surface area contributed by atoms with Crippen molar-refractivity contribution in [1.29, 1.82) is 0 Å². The molecular weight excluding hydrogens is 256 g/mol. The highest BCUT2D eigenvalue weighted by Gasteiger charge is 2.15. The molecule has 1 heterocycles. The average molecular weight is 278 g/mol. The van der Waals surface area contributed by atoms with Crippen LogP contribution in [0, 0.1) is 23.0 Å². The van der Waals surface area contributed by atoms with E-state index in [-0.39, 0.29) is 10.6 Å². The zero-order valence-corrected chi connectivity index (χ0v) is 11.9. The fourth-order valence-corrected chi connectivity index (χ4v) is 2.59. The van der Waals surface area contributed by atoms with Crippen molar-refractivity contribution in [1.82, 2.24) is 0 Å². The number of nitro benzene ring substituents is 1. The molecule has 0 amide bonds. The number of hydrogen-bond donors (Lipinski definition) is 1. The summed E-state index contributed by atoms with van der Waals surface area (Å²) in [6, 6.07) is 5.30. The highest BCUT2D eigenvalue weighted by molar-refractivity contribution is 5.62. The Labute approximate surface area is 119 Å². The molecule has 5 nitrogen and oxygen atoms in total. The Hall–Kier alpha value is -1.62. The lowest BCUT2D eigenvalue weighted by Gasteiger charge is -2.21. The van der Waals surface area contributed by atoms with Gasteiger partial charge in [-0.2, -0.15) is 0 Å². The molecule has 0 aromatic heterocycles. The number of anilines is 1. The third-order valence-corrected chi connectivity index (χ3v) is 3.80. The minimum Gasteiger partial charge on any atom is -0.381 e. The predicted molar refractivity (Wildman–Crippen MR) is 79.1 cm³/mol. The zero-order valence-electron chi connectivity index (χ0n) is 11.9. The molecule has 1 fully saturated rings. The van der Waals surface area contributed by atoms with Crippen LogP contribution >= 0.6 is 0 Å². The van der Waals surface area contributed by atoms with Crippen molar-refractivity contribution in [3.8, 4) is 0 Å². The van der Waals surface area contributed by atoms with Crippen LogP contribution in [-0.2, 0) is 4.74 Å². The van der Waals surface area contributed by atoms with E-state index in [1.807, 2.05) is 13.0 Å². The monoisotopic (exact) mass is 278 g/mol. The van der Waals surface area contributed by atoms with Crippen LogP contribution in [0.5, 0.6) is 0 Å². The average Bonchev–Trinajstić information content (AvgIpc) is 2.45. The first-order chi connectivity index (χ1) is 9.66. The maximum absolute atomic E-state index is 11.0. The van der Waals surface area contributed by atoms with E-state index in [0.29, 0.717) is 5.69 Å². The van der Waals surface area contributed by atoms with E-state index >= 15 is 0 Å². The Bertz CT molecular complexity index is 456. The molecular formula is C15H22N2O3. The molecule has 0 atom stereocenters. The Balaban J connectivity index is 1.80. The summed E-state index contributed by atoms with van der Waals surface area (Å²) in [5.41, 5.74) is 1.69. The summed E-state index contributed by atoms with van der Waals surface area (Å²) >= 11 is 0. The second-order valence-electron chi connectivity index (χ2n) is 5.40. The highest BCUT2D eigenvalue weighted by atomic mass is 16.6. The molecule has 20 heavy (non-hydrogen) atoms. The van der Waals surface area contributed by atoms with Gasteiger partial charge in [-0.1, -0.05) is 6.07 Å². The van der Waals surface area contributed by atoms with E-state index in [4.69, 9.17) is 4.74 Å². The van der Waals surface area contributed by atoms with Crippen LogP contribution in [-0.4, -0.2) is 24.7 Å². The van der Waals surface area contributed by atoms with E-state index < -0.39 is 0 Å². The molecule has 1 N–H and O–H groups in total. The van der Waals surface area contributed by atoms with E-state index in [9.17, 15) is 10.1 Å². The fraction of sp³-hybridized carbons (Fsp3) is 0.600. The summed E-state index contributed by atoms with van der Waals surface area (Å²) in [7, 11) is 0. The first-order valence-corrected chi connectivity index (χ1v) is 7.23. The zero-order chi connectivity index (χ0) is 14.4. The van der Waals surface area contributed by atoms with Crippen LogP contribution in [0.3, 0.4) is 0 Å². The summed E-state index contributed by atoms with van der Waals surface area (Å²) in [4.78, 5) is 10.7. The standard InChI is InChI=1S/C15H22N2O3/c1-12-4-5-14(15(11-12)17(18)19)16-8-2-3-13-6-9-20-10-7-13/h4-5,11,13,16H,2-3,6-10H2,1H3. The van der Waals surface area contributed by atoms with Crippen LogP contribution in [0.25, 0.3) is 0 Å². The molecule has 0 spiro atoms. The summed E-state index contributed by atoms with van der Waals surface area (Å²) < 4.78 is 5.34. The van der Waals surface area contributed by atoms with Gasteiger partial charge < -0.3 is 10.1 Å². The maximum Gasteiger partial charge on any atom is 0.292 e. The lowest BCUT2D eigenvalue weighted by atomic mass is 9.95. The van der Waals surface area contributed by atoms with Crippen LogP contribution in [0.4, 0.5) is 11.4 Å². The van der Waals surface area contributed by atoms with E-state index in [1.54, 1.807) is 12.1 Å². The second kappa shape index (κ2) is 7.24. The molecule has 1 saturated heterocycles. The summed E-state index contributed by atoms with van der Waals surface area (Å²) in [6.45, 7) is 4.40. The molecule has 0 saturated carbocycles. The van der Waals surface area contributed by atoms with Gasteiger partial charge in [-0.15, -0.1) is 0 Å². The summed E-state index contributed by atoms with van der Waals surface area (Å²) in [6.07, 6.45) is 4.49. The molecule has 1 aromatic rings. The van der Waals surface area contributed by atoms with Crippen LogP contribution < -0.4 is 5.32 Å². The van der Waals surface area contributed by atoms with Gasteiger partial charge in [0.05, 0.1) is 4.92 Å². The Morgan fingerprint density at radius 3 is 2.85 bits per heavy atom. The Morgan fingerprint density at radius 2 is 2.15 bits per heavy atom. The van der Waals surface area contributed by atoms with Gasteiger partial charge in [0.25, 0.3) is 5.69 Å². The number of aryl methyl sites for hydroxylation is 1. The minimum absolute atomic E-state index is 0.163. The van der Waals surface area contributed by atoms with Crippen molar-refractivity contribution in [3.63, 3.8) is 0 Å². The molecule has 110 valence electrons. The molecule has 0 aliphatic carbocycles. The Morgan fingerprint density at radius 1 is 1.40 bits per heavy atom. The molecule has 5 heteroatoms. The van der Waals surface area contributed by atoms with Crippen molar-refractivity contribution in [2.45, 2.75) is 32.6 Å². The van der Waals surface area contributed by atoms with Crippen molar-refractivity contribution < 1.29 is 9.66 Å². The number of nitro groups is 1. The smallest absolute Gasteiger partial charge is 0.292 e. The SMILES string of the molecule is Cc1ccc(NCCCC2CCOCC2)c([N+](=O)[O-])c1. The number of ether oxygens (including phenoxy) is 1. The van der Waals surface area contributed by atoms with Gasteiger partial charge in [0, 0.05) is 25.8 Å². The summed E-state index contributed by atoms with van der Waals surface area (Å²) in [5, 5.41) is 14.2. The topological polar surface area (TPSA) is 64.4 Å². The molecule has 0 bridgehead atoms. The normalized spacial score (nSPS) is 16.1. The third-order valence-electron chi connectivity index (χ3n) is 3.80. The van der Waals surface area contributed by atoms with Gasteiger partial charge in [0.1, 0.15) is 5.69 Å². The van der Waals surface area contributed by atoms with Crippen LogP contribution in [0.15, 0.2) is 18.2 Å². The van der Waals surface area contributed by atoms with Crippen molar-refractivity contribution in [3.05, 3.63) is 33.9 Å². The third kappa shape index (κ3) is 4.20. The van der Waals surface area contributed by atoms with E-state index in [0.717, 1.165) is 56.9 Å². The molecule has 2 rings (SSSR count). The summed E-state index contributed by atoms with van der Waals surface area (Å²) in [5.74, 6) is 0.749. The van der Waals surface area contributed by atoms with Gasteiger partial charge in [-0.3, -0.25) is 10.1 Å². The maximum atomic E-state index is 11.0. The first kappa shape index (κ1) is 14.8. The number of nitrogens with zero attached hydrogens (tertiary/aromatic N) is 1. The number of nitrogens with one attached hydrogen (secondary N) is 1. The Kier molecular flexibility index (Phi) is 5.35. The first-order valence-electron chi connectivity index (χ1n) is 7.23. The lowest BCUT2D eigenvalue weighted by molar-refractivity contribution is -0.384. The number of benzene rings is 1. The lowest BCUT2D eigenvalue weighted by Crippen LogP contribution is -2.16. The van der Waals surface area contributed by atoms with Gasteiger partial charge >= 0.3 is 0 Å². The second-order valence-corrected chi connectivity index (χ2v) is 5.40. The van der Waals surface area contributed by atoms with Crippen LogP contribution in [0.2, 0.25) is 0 Å². The van der Waals surface area contributed by atoms with Gasteiger partial charge in [-0.05, 0) is 50.2 Å². The molecule has 0 radical (unpaired) electrons. The molecule has 1 aromatic carbocycles. The van der Waals surface area contributed by atoms with Crippen molar-refractivity contribution >= 4 is 11.4 Å². The van der Waals surface area contributed by atoms with Crippen molar-refractivity contribution in [2.75, 3.05) is 25.1 Å². The number of hydrogen-bond acceptors (Lipinski definition) is 4. The van der Waals surface area contributed by atoms with Crippen molar-refractivity contribution in [2.24, 2.45) is 5.92 Å². The largest absolute Gasteiger partial charge is 0.381 e. The molecule has 1 aliphatic rings. The van der Waals surface area contributed by atoms with E-state index in [1.165, 1.54) is 0 Å². The molecule has 1 aliphatic heterocycles. The predicted octanol–water partition coefficient (Wildman–Crippen LogP) is 3.52. The van der Waals surface area contributed by atoms with Crippen LogP contribution in [0.1, 0.15) is 31.2 Å². The van der Waals surface area contributed by atoms with Gasteiger partial charge in [0.2, 0.25) is 0 Å². The van der Waals surface area contributed by atoms with E-state index in [2.05, 4.69) is 5.32 Å². The quantitative estimate of drug-likeness (QED) is 0.491. The van der Waals surface area contributed by atoms with Gasteiger partial charge in [0.15, 0.2) is 0 Å².